The third-order valence-electron chi connectivity index (χ3n) is 5.64. The fourth-order valence-electron chi connectivity index (χ4n) is 3.87. The van der Waals surface area contributed by atoms with E-state index in [0.29, 0.717) is 5.82 Å². The van der Waals surface area contributed by atoms with E-state index in [9.17, 15) is 0 Å². The van der Waals surface area contributed by atoms with Crippen molar-refractivity contribution in [2.45, 2.75) is 0 Å². The zero-order valence-corrected chi connectivity index (χ0v) is 17.0. The molecule has 1 fully saturated rings. The molecule has 0 bridgehead atoms. The van der Waals surface area contributed by atoms with Crippen molar-refractivity contribution in [3.05, 3.63) is 73.3 Å². The number of likely N-dealkylation sites (N-methyl/N-ethyl adjacent to an activating group) is 1. The monoisotopic (exact) mass is 396 g/mol. The lowest BCUT2D eigenvalue weighted by Crippen LogP contribution is -2.44. The third-order valence-corrected chi connectivity index (χ3v) is 5.64. The van der Waals surface area contributed by atoms with Gasteiger partial charge in [-0.3, -0.25) is 9.97 Å². The minimum Gasteiger partial charge on any atom is -0.369 e. The number of hydrogen-bond acceptors (Lipinski definition) is 6. The molecule has 1 aliphatic rings. The molecule has 6 heteroatoms. The number of rotatable bonds is 4. The van der Waals surface area contributed by atoms with Gasteiger partial charge in [-0.05, 0) is 42.4 Å². The first-order chi connectivity index (χ1) is 14.8. The first kappa shape index (κ1) is 18.5. The number of nitrogens with zero attached hydrogens (tertiary/aromatic N) is 5. The molecule has 0 saturated carbocycles. The van der Waals surface area contributed by atoms with Crippen LogP contribution in [0.3, 0.4) is 0 Å². The highest BCUT2D eigenvalue weighted by Crippen LogP contribution is 2.30. The van der Waals surface area contributed by atoms with Gasteiger partial charge in [-0.25, -0.2) is 4.98 Å². The number of anilines is 3. The van der Waals surface area contributed by atoms with Crippen molar-refractivity contribution >= 4 is 28.1 Å². The van der Waals surface area contributed by atoms with Gasteiger partial charge in [0, 0.05) is 55.8 Å². The average Bonchev–Trinajstić information content (AvgIpc) is 2.80. The number of hydrogen-bond donors (Lipinski definition) is 1. The highest BCUT2D eigenvalue weighted by Gasteiger charge is 2.14. The lowest BCUT2D eigenvalue weighted by atomic mass is 10.0. The van der Waals surface area contributed by atoms with Crippen LogP contribution in [0.4, 0.5) is 17.2 Å². The summed E-state index contributed by atoms with van der Waals surface area (Å²) in [5.41, 5.74) is 5.57. The van der Waals surface area contributed by atoms with E-state index in [2.05, 4.69) is 79.6 Å². The second kappa shape index (κ2) is 8.08. The average molecular weight is 396 g/mol. The molecular formula is C24H24N6. The Labute approximate surface area is 176 Å². The molecule has 0 unspecified atom stereocenters. The predicted molar refractivity (Wildman–Crippen MR) is 122 cm³/mol. The minimum absolute atomic E-state index is 0.716. The van der Waals surface area contributed by atoms with Gasteiger partial charge in [-0.1, -0.05) is 24.3 Å². The Kier molecular flexibility index (Phi) is 4.99. The summed E-state index contributed by atoms with van der Waals surface area (Å²) in [6.45, 7) is 4.39. The molecule has 3 heterocycles. The number of aromatic nitrogens is 3. The van der Waals surface area contributed by atoms with Gasteiger partial charge < -0.3 is 15.1 Å². The van der Waals surface area contributed by atoms with Crippen LogP contribution in [-0.4, -0.2) is 53.1 Å². The van der Waals surface area contributed by atoms with Crippen molar-refractivity contribution in [3.8, 4) is 11.1 Å². The zero-order valence-electron chi connectivity index (χ0n) is 17.0. The van der Waals surface area contributed by atoms with E-state index in [4.69, 9.17) is 0 Å². The van der Waals surface area contributed by atoms with Crippen LogP contribution < -0.4 is 10.2 Å². The molecule has 1 saturated heterocycles. The lowest BCUT2D eigenvalue weighted by molar-refractivity contribution is 0.313. The van der Waals surface area contributed by atoms with Crippen LogP contribution in [0.1, 0.15) is 0 Å². The molecule has 2 aromatic carbocycles. The number of benzene rings is 2. The lowest BCUT2D eigenvalue weighted by Gasteiger charge is -2.34. The van der Waals surface area contributed by atoms with Crippen LogP contribution in [0.5, 0.6) is 0 Å². The molecule has 150 valence electrons. The first-order valence-corrected chi connectivity index (χ1v) is 10.2. The van der Waals surface area contributed by atoms with Crippen molar-refractivity contribution in [1.29, 1.82) is 0 Å². The van der Waals surface area contributed by atoms with Crippen LogP contribution >= 0.6 is 0 Å². The molecule has 5 rings (SSSR count). The largest absolute Gasteiger partial charge is 0.369 e. The van der Waals surface area contributed by atoms with E-state index in [-0.39, 0.29) is 0 Å². The summed E-state index contributed by atoms with van der Waals surface area (Å²) >= 11 is 0. The molecule has 4 aromatic rings. The Balaban J connectivity index is 1.40. The summed E-state index contributed by atoms with van der Waals surface area (Å²) in [7, 11) is 2.18. The molecule has 2 aromatic heterocycles. The fraction of sp³-hybridized carbons (Fsp3) is 0.208. The van der Waals surface area contributed by atoms with Gasteiger partial charge in [0.15, 0.2) is 0 Å². The van der Waals surface area contributed by atoms with Crippen molar-refractivity contribution in [2.75, 3.05) is 43.4 Å². The molecule has 0 amide bonds. The van der Waals surface area contributed by atoms with Crippen molar-refractivity contribution in [2.24, 2.45) is 0 Å². The normalized spacial score (nSPS) is 14.8. The molecule has 1 aliphatic heterocycles. The number of fused-ring (bicyclic) bond motifs is 1. The van der Waals surface area contributed by atoms with Crippen molar-refractivity contribution in [1.82, 2.24) is 19.9 Å². The second-order valence-corrected chi connectivity index (χ2v) is 7.64. The predicted octanol–water partition coefficient (Wildman–Crippen LogP) is 4.19. The summed E-state index contributed by atoms with van der Waals surface area (Å²) in [4.78, 5) is 17.8. The zero-order chi connectivity index (χ0) is 20.3. The third kappa shape index (κ3) is 3.82. The maximum Gasteiger partial charge on any atom is 0.148 e. The standard InChI is InChI=1S/C24H24N6/c1-29-12-14-30(15-13-29)20-5-2-18(3-6-20)19-4-7-21-22(8-9-26-23(21)16-19)28-24-17-25-10-11-27-24/h2-11,16-17H,12-15H2,1H3,(H,26,27,28). The minimum atomic E-state index is 0.716. The Morgan fingerprint density at radius 3 is 2.37 bits per heavy atom. The van der Waals surface area contributed by atoms with E-state index in [1.54, 1.807) is 18.6 Å². The second-order valence-electron chi connectivity index (χ2n) is 7.64. The van der Waals surface area contributed by atoms with Crippen LogP contribution in [-0.2, 0) is 0 Å². The molecule has 0 spiro atoms. The summed E-state index contributed by atoms with van der Waals surface area (Å²) in [6, 6.07) is 17.2. The Hall–Kier alpha value is -3.51. The van der Waals surface area contributed by atoms with E-state index in [1.807, 2.05) is 12.3 Å². The van der Waals surface area contributed by atoms with Gasteiger partial charge in [-0.15, -0.1) is 0 Å². The molecule has 1 N–H and O–H groups in total. The number of piperazine rings is 1. The van der Waals surface area contributed by atoms with Crippen LogP contribution in [0.2, 0.25) is 0 Å². The SMILES string of the molecule is CN1CCN(c2ccc(-c3ccc4c(Nc5cnccn5)ccnc4c3)cc2)CC1. The molecular weight excluding hydrogens is 372 g/mol. The topological polar surface area (TPSA) is 57.2 Å². The summed E-state index contributed by atoms with van der Waals surface area (Å²) in [5, 5.41) is 4.39. The van der Waals surface area contributed by atoms with E-state index < -0.39 is 0 Å². The van der Waals surface area contributed by atoms with E-state index in [1.165, 1.54) is 11.3 Å². The molecule has 6 nitrogen and oxygen atoms in total. The van der Waals surface area contributed by atoms with Crippen LogP contribution in [0, 0.1) is 0 Å². The molecule has 0 atom stereocenters. The van der Waals surface area contributed by atoms with Gasteiger partial charge >= 0.3 is 0 Å². The van der Waals surface area contributed by atoms with Crippen molar-refractivity contribution < 1.29 is 0 Å². The summed E-state index contributed by atoms with van der Waals surface area (Å²) in [6.07, 6.45) is 6.87. The first-order valence-electron chi connectivity index (χ1n) is 10.2. The Morgan fingerprint density at radius 1 is 0.800 bits per heavy atom. The summed E-state index contributed by atoms with van der Waals surface area (Å²) < 4.78 is 0. The Bertz CT molecular complexity index is 1140. The number of nitrogens with one attached hydrogen (secondary N) is 1. The van der Waals surface area contributed by atoms with Gasteiger partial charge in [0.25, 0.3) is 0 Å². The maximum absolute atomic E-state index is 4.58. The fourth-order valence-corrected chi connectivity index (χ4v) is 3.87. The van der Waals surface area contributed by atoms with E-state index >= 15 is 0 Å². The van der Waals surface area contributed by atoms with Gasteiger partial charge in [0.05, 0.1) is 17.4 Å². The smallest absolute Gasteiger partial charge is 0.148 e. The van der Waals surface area contributed by atoms with Gasteiger partial charge in [-0.2, -0.15) is 0 Å². The molecule has 30 heavy (non-hydrogen) atoms. The molecule has 0 aliphatic carbocycles. The van der Waals surface area contributed by atoms with Crippen LogP contribution in [0.25, 0.3) is 22.0 Å². The highest BCUT2D eigenvalue weighted by atomic mass is 15.2. The van der Waals surface area contributed by atoms with Crippen LogP contribution in [0.15, 0.2) is 73.3 Å². The van der Waals surface area contributed by atoms with E-state index in [0.717, 1.165) is 48.3 Å². The maximum atomic E-state index is 4.58. The number of pyridine rings is 1. The molecule has 0 radical (unpaired) electrons. The quantitative estimate of drug-likeness (QED) is 0.558. The summed E-state index contributed by atoms with van der Waals surface area (Å²) in [5.74, 6) is 0.716. The Morgan fingerprint density at radius 2 is 1.60 bits per heavy atom. The van der Waals surface area contributed by atoms with Crippen molar-refractivity contribution in [3.63, 3.8) is 0 Å². The van der Waals surface area contributed by atoms with Gasteiger partial charge in [0.2, 0.25) is 0 Å². The highest BCUT2D eigenvalue weighted by molar-refractivity contribution is 5.95. The van der Waals surface area contributed by atoms with Gasteiger partial charge in [0.1, 0.15) is 5.82 Å².